The van der Waals surface area contributed by atoms with Crippen molar-refractivity contribution in [2.45, 2.75) is 33.1 Å². The summed E-state index contributed by atoms with van der Waals surface area (Å²) >= 11 is 0. The van der Waals surface area contributed by atoms with Gasteiger partial charge in [-0.2, -0.15) is 0 Å². The van der Waals surface area contributed by atoms with Gasteiger partial charge in [-0.05, 0) is 108 Å². The third-order valence-electron chi connectivity index (χ3n) is 13.3. The Morgan fingerprint density at radius 3 is 0.671 bits per heavy atom. The number of benzene rings is 8. The molecule has 0 aliphatic heterocycles. The second kappa shape index (κ2) is 26.4. The van der Waals surface area contributed by atoms with Crippen LogP contribution < -0.4 is 0 Å². The normalized spacial score (nSPS) is 12.3. The van der Waals surface area contributed by atoms with Crippen LogP contribution in [0.5, 0.6) is 0 Å². The first-order valence-corrected chi connectivity index (χ1v) is 26.0. The van der Waals surface area contributed by atoms with Gasteiger partial charge in [-0.3, -0.25) is 0 Å². The summed E-state index contributed by atoms with van der Waals surface area (Å²) < 4.78 is 156. The van der Waals surface area contributed by atoms with Crippen LogP contribution in [0.4, 0.5) is 69.1 Å². The topological polar surface area (TPSA) is 25.8 Å². The van der Waals surface area contributed by atoms with E-state index < -0.39 is 34.4 Å². The molecule has 0 unspecified atom stereocenters. The molecule has 0 bridgehead atoms. The Hall–Kier alpha value is -8.80. The van der Waals surface area contributed by atoms with E-state index in [9.17, 15) is 69.1 Å². The molecular formula is C63H48B4F16N2-4. The Morgan fingerprint density at radius 2 is 0.447 bits per heavy atom. The fraction of sp³-hybridized carbons (Fsp3) is 0.0794. The number of rotatable bonds is 8. The van der Waals surface area contributed by atoms with Crippen LogP contribution in [-0.2, 0) is 5.41 Å². The molecule has 22 heteroatoms. The smallest absolute Gasteiger partial charge is 0.418 e. The molecule has 0 amide bonds. The van der Waals surface area contributed by atoms with Gasteiger partial charge in [-0.25, -0.2) is 9.97 Å². The molecule has 0 N–H and O–H groups in total. The van der Waals surface area contributed by atoms with Crippen LogP contribution in [0.15, 0.2) is 218 Å². The Morgan fingerprint density at radius 1 is 0.247 bits per heavy atom. The van der Waals surface area contributed by atoms with E-state index in [1.807, 2.05) is 0 Å². The van der Waals surface area contributed by atoms with Gasteiger partial charge in [0.05, 0.1) is 28.2 Å². The molecule has 0 spiro atoms. The van der Waals surface area contributed by atoms with Gasteiger partial charge in [-0.1, -0.05) is 216 Å². The van der Waals surface area contributed by atoms with Crippen LogP contribution >= 0.6 is 0 Å². The second-order valence-electron chi connectivity index (χ2n) is 19.7. The van der Waals surface area contributed by atoms with Gasteiger partial charge in [0.25, 0.3) is 0 Å². The Labute approximate surface area is 480 Å². The SMILES string of the molecule is Cc1ccc(-c2cc(-c3ccc(C4(c5ccc(-c6cc(-c7ccc(C)cc7)nc(-c7ccc(C)cc7)c6)cc5)c5ccccc5-c5ccccc54)cc3)cc(-c3ccc(C)cc3)n2)cc1.F[B-](F)(F)F.F[B-](F)(F)F.F[B-](F)(F)F.F[B-](F)(F)F. The van der Waals surface area contributed by atoms with E-state index >= 15 is 0 Å². The van der Waals surface area contributed by atoms with Crippen molar-refractivity contribution in [1.82, 2.24) is 9.97 Å². The minimum absolute atomic E-state index is 0.541. The summed E-state index contributed by atoms with van der Waals surface area (Å²) in [6, 6.07) is 80.2. The van der Waals surface area contributed by atoms with E-state index in [4.69, 9.17) is 9.97 Å². The molecule has 0 radical (unpaired) electrons. The molecule has 0 fully saturated rings. The molecule has 2 heterocycles. The Bertz CT molecular complexity index is 3410. The highest BCUT2D eigenvalue weighted by atomic mass is 19.5. The number of fused-ring (bicyclic) bond motifs is 3. The van der Waals surface area contributed by atoms with E-state index in [0.29, 0.717) is 0 Å². The molecular weight excluding hydrogens is 1130 g/mol. The van der Waals surface area contributed by atoms with Crippen LogP contribution in [0.1, 0.15) is 44.5 Å². The summed E-state index contributed by atoms with van der Waals surface area (Å²) in [5.74, 6) is 0. The molecule has 0 saturated carbocycles. The van der Waals surface area contributed by atoms with Crippen molar-refractivity contribution in [2.75, 3.05) is 0 Å². The fourth-order valence-corrected chi connectivity index (χ4v) is 9.73. The zero-order valence-electron chi connectivity index (χ0n) is 45.5. The number of hydrogen-bond donors (Lipinski definition) is 0. The number of nitrogens with zero attached hydrogens (tertiary/aromatic N) is 2. The van der Waals surface area contributed by atoms with Gasteiger partial charge < -0.3 is 69.1 Å². The average molecular weight is 1180 g/mol. The molecule has 8 aromatic carbocycles. The summed E-state index contributed by atoms with van der Waals surface area (Å²) in [4.78, 5) is 10.4. The number of aryl methyl sites for hydroxylation is 4. The fourth-order valence-electron chi connectivity index (χ4n) is 9.73. The predicted octanol–water partition coefficient (Wildman–Crippen LogP) is 21.3. The monoisotopic (exact) mass is 1180 g/mol. The molecule has 11 rings (SSSR count). The van der Waals surface area contributed by atoms with Gasteiger partial charge >= 0.3 is 29.0 Å². The van der Waals surface area contributed by atoms with E-state index in [1.165, 1.54) is 55.6 Å². The molecule has 10 aromatic rings. The lowest BCUT2D eigenvalue weighted by molar-refractivity contribution is 0.366. The first kappa shape index (κ1) is 63.8. The second-order valence-corrected chi connectivity index (χ2v) is 19.7. The maximum Gasteiger partial charge on any atom is 0.673 e. The molecule has 438 valence electrons. The lowest BCUT2D eigenvalue weighted by Gasteiger charge is -2.34. The highest BCUT2D eigenvalue weighted by molar-refractivity contribution is 6.51. The first-order chi connectivity index (χ1) is 39.8. The van der Waals surface area contributed by atoms with Gasteiger partial charge in [-0.15, -0.1) is 0 Å². The van der Waals surface area contributed by atoms with Crippen molar-refractivity contribution in [2.24, 2.45) is 0 Å². The van der Waals surface area contributed by atoms with Crippen LogP contribution in [0.3, 0.4) is 0 Å². The lowest BCUT2D eigenvalue weighted by atomic mass is 9.67. The van der Waals surface area contributed by atoms with E-state index in [-0.39, 0.29) is 0 Å². The van der Waals surface area contributed by atoms with Crippen molar-refractivity contribution >= 4 is 29.0 Å². The Balaban J connectivity index is 0.000000449. The summed E-state index contributed by atoms with van der Waals surface area (Å²) in [6.07, 6.45) is 0. The Kier molecular flexibility index (Phi) is 19.8. The molecule has 0 saturated heterocycles. The zero-order chi connectivity index (χ0) is 62.1. The maximum absolute atomic E-state index is 9.75. The third kappa shape index (κ3) is 18.1. The van der Waals surface area contributed by atoms with Crippen LogP contribution in [0.2, 0.25) is 0 Å². The summed E-state index contributed by atoms with van der Waals surface area (Å²) in [7, 11) is -24.0. The molecule has 85 heavy (non-hydrogen) atoms. The quantitative estimate of drug-likeness (QED) is 0.112. The lowest BCUT2D eigenvalue weighted by Crippen LogP contribution is -2.28. The largest absolute Gasteiger partial charge is 0.673 e. The zero-order valence-corrected chi connectivity index (χ0v) is 45.5. The van der Waals surface area contributed by atoms with E-state index in [1.54, 1.807) is 0 Å². The van der Waals surface area contributed by atoms with Crippen LogP contribution in [0.25, 0.3) is 78.4 Å². The summed E-state index contributed by atoms with van der Waals surface area (Å²) in [5.41, 5.74) is 24.8. The standard InChI is InChI=1S/C63H48N2.4BF4/c1-41-13-21-47(22-14-41)59-37-51(38-60(64-59)48-23-15-42(2)16-24-48)45-29-33-53(34-30-45)63(57-11-7-5-9-55(57)56-10-6-8-12-58(56)63)54-35-31-46(32-36-54)52-39-61(49-25-17-43(3)18-26-49)65-62(40-52)50-27-19-44(4)20-28-50;4*2-1(3,4)5/h5-40H,1-4H3;;;;/q;4*-1. The van der Waals surface area contributed by atoms with E-state index in [2.05, 4.69) is 246 Å². The van der Waals surface area contributed by atoms with Crippen molar-refractivity contribution in [1.29, 1.82) is 0 Å². The van der Waals surface area contributed by atoms with Crippen molar-refractivity contribution in [3.05, 3.63) is 263 Å². The average Bonchev–Trinajstić information content (AvgIpc) is 1.63. The van der Waals surface area contributed by atoms with Crippen LogP contribution in [-0.4, -0.2) is 39.0 Å². The molecule has 1 aliphatic rings. The maximum atomic E-state index is 9.75. The van der Waals surface area contributed by atoms with Crippen molar-refractivity contribution in [3.8, 4) is 78.4 Å². The van der Waals surface area contributed by atoms with Gasteiger partial charge in [0, 0.05) is 22.3 Å². The highest BCUT2D eigenvalue weighted by Crippen LogP contribution is 2.56. The molecule has 2 aromatic heterocycles. The summed E-state index contributed by atoms with van der Waals surface area (Å²) in [5, 5.41) is 0. The minimum atomic E-state index is -6.00. The number of halogens is 16. The minimum Gasteiger partial charge on any atom is -0.418 e. The molecule has 0 atom stereocenters. The van der Waals surface area contributed by atoms with E-state index in [0.717, 1.165) is 67.3 Å². The van der Waals surface area contributed by atoms with Gasteiger partial charge in [0.2, 0.25) is 0 Å². The van der Waals surface area contributed by atoms with Gasteiger partial charge in [0.1, 0.15) is 0 Å². The predicted molar refractivity (Wildman–Crippen MR) is 312 cm³/mol. The molecule has 1 aliphatic carbocycles. The van der Waals surface area contributed by atoms with Crippen molar-refractivity contribution in [3.63, 3.8) is 0 Å². The first-order valence-electron chi connectivity index (χ1n) is 26.0. The third-order valence-corrected chi connectivity index (χ3v) is 13.3. The van der Waals surface area contributed by atoms with Gasteiger partial charge in [0.15, 0.2) is 0 Å². The van der Waals surface area contributed by atoms with Crippen LogP contribution in [0, 0.1) is 27.7 Å². The number of hydrogen-bond acceptors (Lipinski definition) is 2. The van der Waals surface area contributed by atoms with Crippen molar-refractivity contribution < 1.29 is 69.1 Å². The summed E-state index contributed by atoms with van der Waals surface area (Å²) in [6.45, 7) is 8.50. The molecule has 2 nitrogen and oxygen atoms in total. The highest BCUT2D eigenvalue weighted by Gasteiger charge is 2.46. The number of aromatic nitrogens is 2. The number of pyridine rings is 2.